The van der Waals surface area contributed by atoms with Crippen LogP contribution in [0.4, 0.5) is 0 Å². The standard InChI is InChI=1S/C27H32O3/c1-6-30-24(29)15-14-19-10-7-8-11-20(19)18-23(28)21-12-9-13-22-25(21)27(4,5)17-16-26(22,2)3/h7-15H,6,16-18H2,1-5H3/b15-14+. The van der Waals surface area contributed by atoms with Gasteiger partial charge in [0, 0.05) is 18.1 Å². The molecule has 3 nitrogen and oxygen atoms in total. The normalized spacial score (nSPS) is 16.8. The second kappa shape index (κ2) is 8.59. The molecule has 158 valence electrons. The van der Waals surface area contributed by atoms with Crippen LogP contribution in [-0.4, -0.2) is 18.4 Å². The SMILES string of the molecule is CCOC(=O)/C=C/c1ccccc1CC(=O)c1cccc2c1C(C)(C)CCC2(C)C. The highest BCUT2D eigenvalue weighted by Crippen LogP contribution is 2.47. The fourth-order valence-electron chi connectivity index (χ4n) is 4.44. The molecule has 0 aliphatic heterocycles. The highest BCUT2D eigenvalue weighted by molar-refractivity contribution is 6.00. The Labute approximate surface area is 180 Å². The van der Waals surface area contributed by atoms with Crippen LogP contribution in [0.15, 0.2) is 48.5 Å². The van der Waals surface area contributed by atoms with Gasteiger partial charge in [-0.15, -0.1) is 0 Å². The molecule has 2 aromatic rings. The minimum absolute atomic E-state index is 0.0273. The van der Waals surface area contributed by atoms with Crippen molar-refractivity contribution in [3.05, 3.63) is 76.4 Å². The van der Waals surface area contributed by atoms with Crippen LogP contribution in [0.5, 0.6) is 0 Å². The molecule has 2 aromatic carbocycles. The summed E-state index contributed by atoms with van der Waals surface area (Å²) in [5, 5.41) is 0. The van der Waals surface area contributed by atoms with Gasteiger partial charge in [-0.25, -0.2) is 4.79 Å². The fourth-order valence-corrected chi connectivity index (χ4v) is 4.44. The van der Waals surface area contributed by atoms with Gasteiger partial charge in [-0.2, -0.15) is 0 Å². The van der Waals surface area contributed by atoms with Crippen LogP contribution in [0.1, 0.15) is 80.1 Å². The van der Waals surface area contributed by atoms with E-state index >= 15 is 0 Å². The van der Waals surface area contributed by atoms with Gasteiger partial charge in [0.15, 0.2) is 5.78 Å². The van der Waals surface area contributed by atoms with E-state index in [0.717, 1.165) is 29.5 Å². The number of hydrogen-bond donors (Lipinski definition) is 0. The first-order chi connectivity index (χ1) is 14.2. The van der Waals surface area contributed by atoms with Crippen LogP contribution in [-0.2, 0) is 26.8 Å². The zero-order chi connectivity index (χ0) is 21.9. The molecule has 0 saturated carbocycles. The molecule has 1 aliphatic rings. The highest BCUT2D eigenvalue weighted by Gasteiger charge is 2.39. The van der Waals surface area contributed by atoms with Crippen LogP contribution in [0.2, 0.25) is 0 Å². The predicted molar refractivity (Wildman–Crippen MR) is 122 cm³/mol. The van der Waals surface area contributed by atoms with Crippen molar-refractivity contribution in [2.45, 2.75) is 64.7 Å². The molecule has 0 heterocycles. The maximum Gasteiger partial charge on any atom is 0.330 e. The van der Waals surface area contributed by atoms with Gasteiger partial charge >= 0.3 is 5.97 Å². The van der Waals surface area contributed by atoms with Gasteiger partial charge in [-0.1, -0.05) is 70.2 Å². The summed E-state index contributed by atoms with van der Waals surface area (Å²) in [7, 11) is 0. The first-order valence-corrected chi connectivity index (χ1v) is 10.8. The van der Waals surface area contributed by atoms with Gasteiger partial charge in [-0.3, -0.25) is 4.79 Å². The second-order valence-electron chi connectivity index (χ2n) is 9.38. The monoisotopic (exact) mass is 404 g/mol. The van der Waals surface area contributed by atoms with Gasteiger partial charge in [-0.05, 0) is 58.9 Å². The lowest BCUT2D eigenvalue weighted by atomic mass is 9.61. The molecular formula is C27H32O3. The third-order valence-electron chi connectivity index (χ3n) is 6.24. The van der Waals surface area contributed by atoms with Crippen LogP contribution < -0.4 is 0 Å². The summed E-state index contributed by atoms with van der Waals surface area (Å²) in [5.74, 6) is -0.255. The average molecular weight is 405 g/mol. The summed E-state index contributed by atoms with van der Waals surface area (Å²) < 4.78 is 4.97. The Morgan fingerprint density at radius 2 is 1.67 bits per heavy atom. The lowest BCUT2D eigenvalue weighted by Gasteiger charge is -2.42. The lowest BCUT2D eigenvalue weighted by molar-refractivity contribution is -0.137. The van der Waals surface area contributed by atoms with E-state index in [1.807, 2.05) is 36.4 Å². The third-order valence-corrected chi connectivity index (χ3v) is 6.24. The number of carbonyl (C=O) groups excluding carboxylic acids is 2. The number of esters is 1. The van der Waals surface area contributed by atoms with E-state index in [2.05, 4.69) is 33.8 Å². The van der Waals surface area contributed by atoms with Gasteiger partial charge in [0.1, 0.15) is 0 Å². The molecule has 0 unspecified atom stereocenters. The lowest BCUT2D eigenvalue weighted by Crippen LogP contribution is -2.35. The molecule has 3 rings (SSSR count). The molecule has 30 heavy (non-hydrogen) atoms. The van der Waals surface area contributed by atoms with Crippen molar-refractivity contribution < 1.29 is 14.3 Å². The Hall–Kier alpha value is -2.68. The Kier molecular flexibility index (Phi) is 6.30. The van der Waals surface area contributed by atoms with Crippen molar-refractivity contribution >= 4 is 17.8 Å². The Balaban J connectivity index is 1.95. The molecular weight excluding hydrogens is 372 g/mol. The number of Topliss-reactive ketones (excluding diaryl/α,β-unsaturated/α-hetero) is 1. The number of ketones is 1. The topological polar surface area (TPSA) is 43.4 Å². The zero-order valence-corrected chi connectivity index (χ0v) is 18.7. The molecule has 0 atom stereocenters. The second-order valence-corrected chi connectivity index (χ2v) is 9.38. The zero-order valence-electron chi connectivity index (χ0n) is 18.7. The van der Waals surface area contributed by atoms with Crippen molar-refractivity contribution in [2.75, 3.05) is 6.61 Å². The van der Waals surface area contributed by atoms with Gasteiger partial charge in [0.2, 0.25) is 0 Å². The van der Waals surface area contributed by atoms with Gasteiger partial charge in [0.05, 0.1) is 6.61 Å². The minimum Gasteiger partial charge on any atom is -0.463 e. The molecule has 1 aliphatic carbocycles. The van der Waals surface area contributed by atoms with E-state index in [9.17, 15) is 9.59 Å². The number of hydrogen-bond acceptors (Lipinski definition) is 3. The van der Waals surface area contributed by atoms with E-state index in [4.69, 9.17) is 4.74 Å². The largest absolute Gasteiger partial charge is 0.463 e. The average Bonchev–Trinajstić information content (AvgIpc) is 2.70. The molecule has 3 heteroatoms. The summed E-state index contributed by atoms with van der Waals surface area (Å²) in [6.45, 7) is 11.1. The molecule has 0 N–H and O–H groups in total. The van der Waals surface area contributed by atoms with E-state index < -0.39 is 0 Å². The molecule has 0 amide bonds. The molecule has 0 radical (unpaired) electrons. The molecule has 0 fully saturated rings. The van der Waals surface area contributed by atoms with Crippen molar-refractivity contribution in [2.24, 2.45) is 0 Å². The maximum atomic E-state index is 13.5. The first-order valence-electron chi connectivity index (χ1n) is 10.8. The summed E-state index contributed by atoms with van der Waals surface area (Å²) in [6.07, 6.45) is 5.63. The van der Waals surface area contributed by atoms with Crippen molar-refractivity contribution in [1.29, 1.82) is 0 Å². The van der Waals surface area contributed by atoms with Crippen molar-refractivity contribution in [1.82, 2.24) is 0 Å². The van der Waals surface area contributed by atoms with E-state index in [0.29, 0.717) is 13.0 Å². The van der Waals surface area contributed by atoms with E-state index in [-0.39, 0.29) is 22.6 Å². The predicted octanol–water partition coefficient (Wildman–Crippen LogP) is 6.04. The molecule has 0 spiro atoms. The number of benzene rings is 2. The third kappa shape index (κ3) is 4.56. The molecule has 0 bridgehead atoms. The van der Waals surface area contributed by atoms with E-state index in [1.165, 1.54) is 17.2 Å². The van der Waals surface area contributed by atoms with Crippen LogP contribution in [0.3, 0.4) is 0 Å². The van der Waals surface area contributed by atoms with E-state index in [1.54, 1.807) is 13.0 Å². The van der Waals surface area contributed by atoms with Gasteiger partial charge in [0.25, 0.3) is 0 Å². The summed E-state index contributed by atoms with van der Waals surface area (Å²) in [6, 6.07) is 13.9. The fraction of sp³-hybridized carbons (Fsp3) is 0.407. The van der Waals surface area contributed by atoms with Gasteiger partial charge < -0.3 is 4.74 Å². The highest BCUT2D eigenvalue weighted by atomic mass is 16.5. The molecule has 0 aromatic heterocycles. The minimum atomic E-state index is -0.375. The smallest absolute Gasteiger partial charge is 0.330 e. The quantitative estimate of drug-likeness (QED) is 0.335. The van der Waals surface area contributed by atoms with Crippen LogP contribution in [0.25, 0.3) is 6.08 Å². The van der Waals surface area contributed by atoms with Crippen LogP contribution in [0, 0.1) is 0 Å². The van der Waals surface area contributed by atoms with Crippen molar-refractivity contribution in [3.8, 4) is 0 Å². The number of carbonyl (C=O) groups is 2. The maximum absolute atomic E-state index is 13.5. The van der Waals surface area contributed by atoms with Crippen LogP contribution >= 0.6 is 0 Å². The Bertz CT molecular complexity index is 979. The number of fused-ring (bicyclic) bond motifs is 1. The Morgan fingerprint density at radius 3 is 2.40 bits per heavy atom. The summed E-state index contributed by atoms with van der Waals surface area (Å²) in [4.78, 5) is 25.2. The summed E-state index contributed by atoms with van der Waals surface area (Å²) >= 11 is 0. The summed E-state index contributed by atoms with van der Waals surface area (Å²) in [5.41, 5.74) is 5.14. The Morgan fingerprint density at radius 1 is 0.967 bits per heavy atom. The number of ether oxygens (including phenoxy) is 1. The van der Waals surface area contributed by atoms with Crippen molar-refractivity contribution in [3.63, 3.8) is 0 Å². The first kappa shape index (κ1) is 22.0. The molecule has 0 saturated heterocycles. The number of rotatable bonds is 6.